The van der Waals surface area contributed by atoms with E-state index in [0.717, 1.165) is 44.4 Å². The van der Waals surface area contributed by atoms with Crippen molar-refractivity contribution in [3.05, 3.63) is 144 Å². The van der Waals surface area contributed by atoms with Crippen LogP contribution in [-0.4, -0.2) is 15.9 Å². The number of aryl methyl sites for hydroxylation is 2. The summed E-state index contributed by atoms with van der Waals surface area (Å²) in [4.78, 5) is 23.7. The van der Waals surface area contributed by atoms with Gasteiger partial charge in [-0.3, -0.25) is 9.78 Å². The van der Waals surface area contributed by atoms with E-state index in [0.29, 0.717) is 11.3 Å². The SMILES string of the molecule is Cc1ccc(-c2ccc(-c3ccc(C)cc3)c3nc(-c4ccccc4C(=O)N[C@H](C)c4ccccc4)cnc23)cc1. The number of amides is 1. The van der Waals surface area contributed by atoms with Crippen molar-refractivity contribution >= 4 is 16.9 Å². The van der Waals surface area contributed by atoms with Crippen molar-refractivity contribution in [2.45, 2.75) is 26.8 Å². The fourth-order valence-electron chi connectivity index (χ4n) is 5.16. The van der Waals surface area contributed by atoms with Crippen LogP contribution in [0.2, 0.25) is 0 Å². The molecule has 1 heterocycles. The minimum Gasteiger partial charge on any atom is -0.345 e. The standard InChI is InChI=1S/C37H31N3O/c1-24-13-17-28(18-14-24)30-21-22-31(29-19-15-25(2)16-20-29)36-35(30)38-23-34(40-36)32-11-7-8-12-33(32)37(41)39-26(3)27-9-5-4-6-10-27/h4-23,26H,1-3H3,(H,39,41)/t26-/m1/s1. The molecule has 4 nitrogen and oxygen atoms in total. The molecule has 0 unspecified atom stereocenters. The van der Waals surface area contributed by atoms with E-state index >= 15 is 0 Å². The summed E-state index contributed by atoms with van der Waals surface area (Å²) in [5.74, 6) is -0.147. The topological polar surface area (TPSA) is 54.9 Å². The molecule has 0 saturated carbocycles. The summed E-state index contributed by atoms with van der Waals surface area (Å²) in [5, 5.41) is 3.15. The largest absolute Gasteiger partial charge is 0.345 e. The zero-order valence-corrected chi connectivity index (χ0v) is 23.4. The normalized spacial score (nSPS) is 11.8. The Labute approximate surface area is 240 Å². The number of rotatable bonds is 6. The van der Waals surface area contributed by atoms with Crippen molar-refractivity contribution in [3.63, 3.8) is 0 Å². The molecule has 0 spiro atoms. The molecule has 0 radical (unpaired) electrons. The highest BCUT2D eigenvalue weighted by Crippen LogP contribution is 2.35. The molecule has 0 fully saturated rings. The third kappa shape index (κ3) is 5.37. The van der Waals surface area contributed by atoms with Crippen LogP contribution in [0.3, 0.4) is 0 Å². The van der Waals surface area contributed by atoms with Gasteiger partial charge in [-0.15, -0.1) is 0 Å². The first-order chi connectivity index (χ1) is 20.0. The zero-order chi connectivity index (χ0) is 28.3. The van der Waals surface area contributed by atoms with Gasteiger partial charge in [-0.1, -0.05) is 120 Å². The van der Waals surface area contributed by atoms with Gasteiger partial charge in [0, 0.05) is 22.3 Å². The summed E-state index contributed by atoms with van der Waals surface area (Å²) >= 11 is 0. The molecule has 0 saturated heterocycles. The molecule has 0 aliphatic carbocycles. The summed E-state index contributed by atoms with van der Waals surface area (Å²) in [6.07, 6.45) is 1.78. The van der Waals surface area contributed by atoms with E-state index in [2.05, 4.69) is 79.8 Å². The van der Waals surface area contributed by atoms with Crippen molar-refractivity contribution in [1.82, 2.24) is 15.3 Å². The average molecular weight is 534 g/mol. The van der Waals surface area contributed by atoms with E-state index in [1.165, 1.54) is 11.1 Å². The number of carbonyl (C=O) groups is 1. The number of aromatic nitrogens is 2. The summed E-state index contributed by atoms with van der Waals surface area (Å²) < 4.78 is 0. The molecule has 4 heteroatoms. The molecule has 1 N–H and O–H groups in total. The maximum absolute atomic E-state index is 13.5. The molecular weight excluding hydrogens is 502 g/mol. The third-order valence-corrected chi connectivity index (χ3v) is 7.52. The summed E-state index contributed by atoms with van der Waals surface area (Å²) in [5.41, 5.74) is 11.3. The minimum atomic E-state index is -0.147. The smallest absolute Gasteiger partial charge is 0.252 e. The molecule has 1 atom stereocenters. The molecule has 0 aliphatic heterocycles. The Morgan fingerprint density at radius 2 is 1.20 bits per heavy atom. The van der Waals surface area contributed by atoms with E-state index in [4.69, 9.17) is 9.97 Å². The van der Waals surface area contributed by atoms with Gasteiger partial charge in [-0.2, -0.15) is 0 Å². The zero-order valence-electron chi connectivity index (χ0n) is 23.4. The fourth-order valence-corrected chi connectivity index (χ4v) is 5.16. The molecule has 5 aromatic carbocycles. The number of nitrogens with one attached hydrogen (secondary N) is 1. The minimum absolute atomic E-state index is 0.135. The Bertz CT molecular complexity index is 1840. The van der Waals surface area contributed by atoms with Crippen molar-refractivity contribution < 1.29 is 4.79 Å². The molecule has 6 rings (SSSR count). The van der Waals surface area contributed by atoms with Gasteiger partial charge in [0.15, 0.2) is 0 Å². The summed E-state index contributed by atoms with van der Waals surface area (Å²) in [6, 6.07) is 38.6. The van der Waals surface area contributed by atoms with E-state index in [-0.39, 0.29) is 11.9 Å². The van der Waals surface area contributed by atoms with Crippen LogP contribution in [0, 0.1) is 13.8 Å². The van der Waals surface area contributed by atoms with Crippen LogP contribution in [-0.2, 0) is 0 Å². The first-order valence-electron chi connectivity index (χ1n) is 13.9. The van der Waals surface area contributed by atoms with Gasteiger partial charge in [0.2, 0.25) is 0 Å². The van der Waals surface area contributed by atoms with Gasteiger partial charge in [0.25, 0.3) is 5.91 Å². The van der Waals surface area contributed by atoms with Crippen molar-refractivity contribution in [2.24, 2.45) is 0 Å². The summed E-state index contributed by atoms with van der Waals surface area (Å²) in [6.45, 7) is 6.16. The molecular formula is C37H31N3O. The van der Waals surface area contributed by atoms with Crippen LogP contribution < -0.4 is 5.32 Å². The average Bonchev–Trinajstić information content (AvgIpc) is 3.01. The molecule has 1 amide bonds. The van der Waals surface area contributed by atoms with Crippen molar-refractivity contribution in [2.75, 3.05) is 0 Å². The Hall–Kier alpha value is -5.09. The lowest BCUT2D eigenvalue weighted by Gasteiger charge is -2.17. The second kappa shape index (κ2) is 11.2. The highest BCUT2D eigenvalue weighted by Gasteiger charge is 2.19. The van der Waals surface area contributed by atoms with Crippen LogP contribution in [0.4, 0.5) is 0 Å². The predicted octanol–water partition coefficient (Wildman–Crippen LogP) is 8.74. The highest BCUT2D eigenvalue weighted by molar-refractivity contribution is 6.03. The molecule has 0 aliphatic rings. The van der Waals surface area contributed by atoms with Crippen molar-refractivity contribution in [1.29, 1.82) is 0 Å². The van der Waals surface area contributed by atoms with Crippen LogP contribution in [0.25, 0.3) is 44.5 Å². The van der Waals surface area contributed by atoms with E-state index in [9.17, 15) is 4.79 Å². The molecule has 200 valence electrons. The lowest BCUT2D eigenvalue weighted by molar-refractivity contribution is 0.0940. The summed E-state index contributed by atoms with van der Waals surface area (Å²) in [7, 11) is 0. The molecule has 0 bridgehead atoms. The number of fused-ring (bicyclic) bond motifs is 1. The maximum atomic E-state index is 13.5. The Morgan fingerprint density at radius 3 is 1.83 bits per heavy atom. The predicted molar refractivity (Wildman–Crippen MR) is 168 cm³/mol. The van der Waals surface area contributed by atoms with Gasteiger partial charge in [0.05, 0.1) is 29.0 Å². The lowest BCUT2D eigenvalue weighted by atomic mass is 9.96. The lowest BCUT2D eigenvalue weighted by Crippen LogP contribution is -2.27. The number of carbonyl (C=O) groups excluding carboxylic acids is 1. The van der Waals surface area contributed by atoms with Gasteiger partial charge >= 0.3 is 0 Å². The second-order valence-corrected chi connectivity index (χ2v) is 10.5. The first-order valence-corrected chi connectivity index (χ1v) is 13.9. The second-order valence-electron chi connectivity index (χ2n) is 10.5. The van der Waals surface area contributed by atoms with Crippen LogP contribution in [0.5, 0.6) is 0 Å². The quantitative estimate of drug-likeness (QED) is 0.233. The van der Waals surface area contributed by atoms with E-state index < -0.39 is 0 Å². The first kappa shape index (κ1) is 26.1. The van der Waals surface area contributed by atoms with Gasteiger partial charge in [-0.25, -0.2) is 4.98 Å². The third-order valence-electron chi connectivity index (χ3n) is 7.52. The number of hydrogen-bond acceptors (Lipinski definition) is 3. The monoisotopic (exact) mass is 533 g/mol. The number of benzene rings is 5. The van der Waals surface area contributed by atoms with Crippen LogP contribution >= 0.6 is 0 Å². The van der Waals surface area contributed by atoms with Gasteiger partial charge in [0.1, 0.15) is 0 Å². The Balaban J connectivity index is 1.47. The molecule has 41 heavy (non-hydrogen) atoms. The van der Waals surface area contributed by atoms with Gasteiger partial charge < -0.3 is 5.32 Å². The fraction of sp³-hybridized carbons (Fsp3) is 0.108. The molecule has 1 aromatic heterocycles. The Morgan fingerprint density at radius 1 is 0.634 bits per heavy atom. The molecule has 6 aromatic rings. The van der Waals surface area contributed by atoms with Crippen molar-refractivity contribution in [3.8, 4) is 33.5 Å². The number of nitrogens with zero attached hydrogens (tertiary/aromatic N) is 2. The highest BCUT2D eigenvalue weighted by atomic mass is 16.1. The maximum Gasteiger partial charge on any atom is 0.252 e. The number of hydrogen-bond donors (Lipinski definition) is 1. The van der Waals surface area contributed by atoms with E-state index in [1.54, 1.807) is 6.20 Å². The Kier molecular flexibility index (Phi) is 7.13. The van der Waals surface area contributed by atoms with Crippen LogP contribution in [0.1, 0.15) is 40.0 Å². The van der Waals surface area contributed by atoms with E-state index in [1.807, 2.05) is 61.5 Å². The van der Waals surface area contributed by atoms with Gasteiger partial charge in [-0.05, 0) is 43.5 Å². The van der Waals surface area contributed by atoms with Crippen LogP contribution in [0.15, 0.2) is 121 Å².